The van der Waals surface area contributed by atoms with Crippen LogP contribution < -0.4 is 0 Å². The van der Waals surface area contributed by atoms with E-state index in [4.69, 9.17) is 14.9 Å². The molecule has 1 unspecified atom stereocenters. The van der Waals surface area contributed by atoms with Gasteiger partial charge in [-0.1, -0.05) is 6.92 Å². The van der Waals surface area contributed by atoms with Gasteiger partial charge in [-0.05, 0) is 0 Å². The number of carboxylic acid groups (broad SMARTS) is 1. The van der Waals surface area contributed by atoms with Crippen molar-refractivity contribution in [1.29, 1.82) is 0 Å². The Morgan fingerprint density at radius 1 is 1.50 bits per heavy atom. The zero-order valence-electron chi connectivity index (χ0n) is 9.80. The standard InChI is InChI=1S/C10H18O8/c1-4-5(12)2-10(17,9(15)16)18-8(4)7(14)6(13)3-11/h4-8,11-14,17H,2-3H2,1H3,(H,15,16)/t4-,5+,6-,7-,8-,10?/m1/s1. The number of hydrogen-bond acceptors (Lipinski definition) is 7. The average molecular weight is 266 g/mol. The van der Waals surface area contributed by atoms with Gasteiger partial charge in [-0.2, -0.15) is 0 Å². The number of hydrogen-bond donors (Lipinski definition) is 6. The predicted molar refractivity (Wildman–Crippen MR) is 56.3 cm³/mol. The highest BCUT2D eigenvalue weighted by Crippen LogP contribution is 2.33. The average Bonchev–Trinajstić information content (AvgIpc) is 2.31. The molecule has 6 atom stereocenters. The van der Waals surface area contributed by atoms with E-state index in [9.17, 15) is 25.2 Å². The minimum absolute atomic E-state index is 0.540. The molecule has 8 nitrogen and oxygen atoms in total. The quantitative estimate of drug-likeness (QED) is 0.321. The topological polar surface area (TPSA) is 148 Å². The van der Waals surface area contributed by atoms with Crippen LogP contribution in [0.4, 0.5) is 0 Å². The molecule has 1 aliphatic rings. The molecule has 6 N–H and O–H groups in total. The summed E-state index contributed by atoms with van der Waals surface area (Å²) < 4.78 is 4.88. The maximum Gasteiger partial charge on any atom is 0.364 e. The summed E-state index contributed by atoms with van der Waals surface area (Å²) in [5.41, 5.74) is 0. The largest absolute Gasteiger partial charge is 0.477 e. The molecule has 0 aliphatic carbocycles. The van der Waals surface area contributed by atoms with E-state index in [0.717, 1.165) is 0 Å². The predicted octanol–water partition coefficient (Wildman–Crippen LogP) is -2.74. The van der Waals surface area contributed by atoms with Crippen molar-refractivity contribution in [2.24, 2.45) is 5.92 Å². The van der Waals surface area contributed by atoms with E-state index in [2.05, 4.69) is 0 Å². The lowest BCUT2D eigenvalue weighted by atomic mass is 9.85. The number of ether oxygens (including phenoxy) is 1. The smallest absolute Gasteiger partial charge is 0.364 e. The SMILES string of the molecule is C[C@H]1[C@H]([C@H](O)[C@H](O)CO)OC(O)(C(=O)O)C[C@@H]1O. The summed E-state index contributed by atoms with van der Waals surface area (Å²) in [6.45, 7) is 0.722. The van der Waals surface area contributed by atoms with Crippen molar-refractivity contribution < 1.29 is 40.2 Å². The van der Waals surface area contributed by atoms with Crippen LogP contribution in [-0.2, 0) is 9.53 Å². The molecular formula is C10H18O8. The van der Waals surface area contributed by atoms with Crippen LogP contribution in [0, 0.1) is 5.92 Å². The molecule has 0 aromatic carbocycles. The monoisotopic (exact) mass is 266 g/mol. The van der Waals surface area contributed by atoms with Gasteiger partial charge in [0.05, 0.1) is 18.8 Å². The van der Waals surface area contributed by atoms with E-state index in [-0.39, 0.29) is 0 Å². The maximum absolute atomic E-state index is 10.9. The molecule has 0 spiro atoms. The van der Waals surface area contributed by atoms with Gasteiger partial charge in [0.1, 0.15) is 12.2 Å². The number of carboxylic acids is 1. The second-order valence-electron chi connectivity index (χ2n) is 4.54. The van der Waals surface area contributed by atoms with Crippen molar-refractivity contribution in [2.75, 3.05) is 6.61 Å². The normalized spacial score (nSPS) is 40.2. The first-order valence-corrected chi connectivity index (χ1v) is 5.51. The van der Waals surface area contributed by atoms with Crippen LogP contribution in [0.3, 0.4) is 0 Å². The Kier molecular flexibility index (Phi) is 4.65. The van der Waals surface area contributed by atoms with Crippen molar-refractivity contribution >= 4 is 5.97 Å². The molecule has 1 fully saturated rings. The van der Waals surface area contributed by atoms with E-state index in [0.29, 0.717) is 0 Å². The number of aliphatic carboxylic acids is 1. The minimum atomic E-state index is -2.62. The highest BCUT2D eigenvalue weighted by molar-refractivity contribution is 5.75. The number of aliphatic hydroxyl groups excluding tert-OH is 4. The maximum atomic E-state index is 10.9. The molecule has 106 valence electrons. The molecule has 0 amide bonds. The van der Waals surface area contributed by atoms with Gasteiger partial charge in [-0.15, -0.1) is 0 Å². The lowest BCUT2D eigenvalue weighted by Crippen LogP contribution is -2.60. The molecule has 0 saturated carbocycles. The summed E-state index contributed by atoms with van der Waals surface area (Å²) in [5, 5.41) is 55.9. The summed E-state index contributed by atoms with van der Waals surface area (Å²) in [5.74, 6) is -5.02. The van der Waals surface area contributed by atoms with Crippen LogP contribution in [-0.4, -0.2) is 73.4 Å². The number of aliphatic hydroxyl groups is 5. The highest BCUT2D eigenvalue weighted by Gasteiger charge is 2.51. The van der Waals surface area contributed by atoms with Gasteiger partial charge < -0.3 is 35.4 Å². The van der Waals surface area contributed by atoms with E-state index in [1.165, 1.54) is 6.92 Å². The Morgan fingerprint density at radius 3 is 2.50 bits per heavy atom. The zero-order chi connectivity index (χ0) is 14.1. The molecule has 0 bridgehead atoms. The second kappa shape index (κ2) is 5.47. The fourth-order valence-corrected chi connectivity index (χ4v) is 1.91. The Morgan fingerprint density at radius 2 is 2.06 bits per heavy atom. The first-order valence-electron chi connectivity index (χ1n) is 5.51. The van der Waals surface area contributed by atoms with Gasteiger partial charge in [0.15, 0.2) is 0 Å². The summed E-state index contributed by atoms with van der Waals surface area (Å²) in [4.78, 5) is 10.9. The van der Waals surface area contributed by atoms with Gasteiger partial charge in [-0.3, -0.25) is 0 Å². The van der Waals surface area contributed by atoms with Crippen molar-refractivity contribution in [3.63, 3.8) is 0 Å². The van der Waals surface area contributed by atoms with Crippen LogP contribution in [0.25, 0.3) is 0 Å². The molecule has 1 aliphatic heterocycles. The van der Waals surface area contributed by atoms with E-state index in [1.807, 2.05) is 0 Å². The van der Waals surface area contributed by atoms with Crippen molar-refractivity contribution in [3.05, 3.63) is 0 Å². The molecule has 8 heteroatoms. The van der Waals surface area contributed by atoms with Crippen LogP contribution in [0.1, 0.15) is 13.3 Å². The first kappa shape index (κ1) is 15.3. The third-order valence-corrected chi connectivity index (χ3v) is 3.19. The summed E-state index contributed by atoms with van der Waals surface area (Å²) in [6.07, 6.45) is -6.24. The van der Waals surface area contributed by atoms with Crippen LogP contribution >= 0.6 is 0 Å². The number of carbonyl (C=O) groups is 1. The fraction of sp³-hybridized carbons (Fsp3) is 0.900. The van der Waals surface area contributed by atoms with E-state index < -0.39 is 55.1 Å². The van der Waals surface area contributed by atoms with Crippen LogP contribution in [0.15, 0.2) is 0 Å². The molecule has 1 saturated heterocycles. The molecular weight excluding hydrogens is 248 g/mol. The first-order chi connectivity index (χ1) is 8.23. The van der Waals surface area contributed by atoms with E-state index in [1.54, 1.807) is 0 Å². The van der Waals surface area contributed by atoms with Gasteiger partial charge >= 0.3 is 5.97 Å². The van der Waals surface area contributed by atoms with Gasteiger partial charge in [0, 0.05) is 12.3 Å². The third-order valence-electron chi connectivity index (χ3n) is 3.19. The van der Waals surface area contributed by atoms with E-state index >= 15 is 0 Å². The molecule has 1 rings (SSSR count). The molecule has 18 heavy (non-hydrogen) atoms. The van der Waals surface area contributed by atoms with Crippen molar-refractivity contribution in [3.8, 4) is 0 Å². The van der Waals surface area contributed by atoms with Gasteiger partial charge in [0.2, 0.25) is 0 Å². The Labute approximate surface area is 103 Å². The Balaban J connectivity index is 2.92. The molecule has 0 aromatic heterocycles. The fourth-order valence-electron chi connectivity index (χ4n) is 1.91. The summed E-state index contributed by atoms with van der Waals surface area (Å²) in [6, 6.07) is 0. The lowest BCUT2D eigenvalue weighted by Gasteiger charge is -2.43. The summed E-state index contributed by atoms with van der Waals surface area (Å²) >= 11 is 0. The van der Waals surface area contributed by atoms with Crippen molar-refractivity contribution in [2.45, 2.75) is 43.5 Å². The molecule has 0 radical (unpaired) electrons. The van der Waals surface area contributed by atoms with Crippen LogP contribution in [0.2, 0.25) is 0 Å². The summed E-state index contributed by atoms with van der Waals surface area (Å²) in [7, 11) is 0. The van der Waals surface area contributed by atoms with Gasteiger partial charge in [0.25, 0.3) is 5.79 Å². The van der Waals surface area contributed by atoms with Gasteiger partial charge in [-0.25, -0.2) is 4.79 Å². The Bertz CT molecular complexity index is 308. The molecule has 1 heterocycles. The Hall–Kier alpha value is -0.770. The van der Waals surface area contributed by atoms with Crippen molar-refractivity contribution in [1.82, 2.24) is 0 Å². The zero-order valence-corrected chi connectivity index (χ0v) is 9.80. The minimum Gasteiger partial charge on any atom is -0.477 e. The third kappa shape index (κ3) is 2.79. The lowest BCUT2D eigenvalue weighted by molar-refractivity contribution is -0.302. The number of rotatable bonds is 4. The molecule has 0 aromatic rings. The van der Waals surface area contributed by atoms with Crippen LogP contribution in [0.5, 0.6) is 0 Å². The second-order valence-corrected chi connectivity index (χ2v) is 4.54. The highest BCUT2D eigenvalue weighted by atomic mass is 16.7.